The van der Waals surface area contributed by atoms with Gasteiger partial charge in [-0.25, -0.2) is 14.4 Å². The predicted molar refractivity (Wildman–Crippen MR) is 130 cm³/mol. The molecule has 0 saturated heterocycles. The molecule has 8 heteroatoms. The molecule has 0 amide bonds. The van der Waals surface area contributed by atoms with Crippen LogP contribution in [0.2, 0.25) is 0 Å². The number of hydrogen-bond donors (Lipinski definition) is 0. The van der Waals surface area contributed by atoms with Crippen molar-refractivity contribution in [1.29, 1.82) is 0 Å². The summed E-state index contributed by atoms with van der Waals surface area (Å²) in [6.07, 6.45) is -2.43. The van der Waals surface area contributed by atoms with Gasteiger partial charge in [-0.1, -0.05) is 73.8 Å². The smallest absolute Gasteiger partial charge is 0.378 e. The van der Waals surface area contributed by atoms with E-state index in [0.717, 1.165) is 11.1 Å². The Kier molecular flexibility index (Phi) is 9.05. The van der Waals surface area contributed by atoms with E-state index in [9.17, 15) is 14.4 Å². The lowest BCUT2D eigenvalue weighted by molar-refractivity contribution is -0.167. The van der Waals surface area contributed by atoms with Gasteiger partial charge in [-0.15, -0.1) is 0 Å². The molecule has 0 fully saturated rings. The van der Waals surface area contributed by atoms with Crippen molar-refractivity contribution in [2.45, 2.75) is 39.3 Å². The van der Waals surface area contributed by atoms with Crippen LogP contribution in [0.25, 0.3) is 0 Å². The molecule has 0 aromatic heterocycles. The first-order valence-electron chi connectivity index (χ1n) is 11.2. The van der Waals surface area contributed by atoms with Crippen LogP contribution in [0, 0.1) is 0 Å². The molecule has 2 atom stereocenters. The highest BCUT2D eigenvalue weighted by atomic mass is 16.6. The van der Waals surface area contributed by atoms with Crippen LogP contribution in [0.1, 0.15) is 25.0 Å². The van der Waals surface area contributed by atoms with E-state index in [1.54, 1.807) is 0 Å². The Labute approximate surface area is 209 Å². The van der Waals surface area contributed by atoms with E-state index < -0.39 is 36.7 Å². The molecule has 2 aromatic carbocycles. The zero-order valence-corrected chi connectivity index (χ0v) is 20.2. The maximum atomic E-state index is 12.8. The minimum atomic E-state index is -1.22. The third kappa shape index (κ3) is 7.09. The van der Waals surface area contributed by atoms with E-state index in [2.05, 4.69) is 13.2 Å². The van der Waals surface area contributed by atoms with Crippen molar-refractivity contribution in [1.82, 2.24) is 0 Å². The van der Waals surface area contributed by atoms with Crippen molar-refractivity contribution in [3.05, 3.63) is 108 Å². The molecule has 0 radical (unpaired) electrons. The molecule has 188 valence electrons. The fourth-order valence-corrected chi connectivity index (χ4v) is 3.14. The van der Waals surface area contributed by atoms with Crippen LogP contribution in [0.3, 0.4) is 0 Å². The lowest BCUT2D eigenvalue weighted by Crippen LogP contribution is -2.38. The summed E-state index contributed by atoms with van der Waals surface area (Å²) >= 11 is 0. The van der Waals surface area contributed by atoms with Gasteiger partial charge in [-0.2, -0.15) is 0 Å². The van der Waals surface area contributed by atoms with Crippen molar-refractivity contribution >= 4 is 17.9 Å². The molecule has 0 bridgehead atoms. The highest BCUT2D eigenvalue weighted by Gasteiger charge is 2.45. The van der Waals surface area contributed by atoms with Gasteiger partial charge in [0.2, 0.25) is 11.9 Å². The molecule has 8 nitrogen and oxygen atoms in total. The number of ether oxygens (including phenoxy) is 5. The van der Waals surface area contributed by atoms with Crippen molar-refractivity contribution < 1.29 is 38.1 Å². The molecule has 1 aliphatic rings. The third-order valence-corrected chi connectivity index (χ3v) is 5.04. The summed E-state index contributed by atoms with van der Waals surface area (Å²) in [4.78, 5) is 37.2. The molecule has 3 rings (SSSR count). The minimum Gasteiger partial charge on any atom is -0.485 e. The third-order valence-electron chi connectivity index (χ3n) is 5.04. The monoisotopic (exact) mass is 492 g/mol. The number of carbonyl (C=O) groups is 3. The first-order chi connectivity index (χ1) is 17.3. The van der Waals surface area contributed by atoms with Gasteiger partial charge in [0.1, 0.15) is 19.8 Å². The van der Waals surface area contributed by atoms with E-state index in [1.165, 1.54) is 13.8 Å². The highest BCUT2D eigenvalue weighted by Crippen LogP contribution is 2.30. The van der Waals surface area contributed by atoms with Crippen LogP contribution in [0.4, 0.5) is 0 Å². The first-order valence-corrected chi connectivity index (χ1v) is 11.2. The average molecular weight is 493 g/mol. The van der Waals surface area contributed by atoms with Gasteiger partial charge in [-0.05, 0) is 25.0 Å². The Bertz CT molecular complexity index is 1150. The zero-order chi connectivity index (χ0) is 26.1. The Morgan fingerprint density at radius 1 is 0.861 bits per heavy atom. The van der Waals surface area contributed by atoms with Gasteiger partial charge in [0, 0.05) is 11.1 Å². The number of esters is 3. The summed E-state index contributed by atoms with van der Waals surface area (Å²) < 4.78 is 28.0. The SMILES string of the molecule is C=C(C)C(=O)OCC(OC(=O)C(=C)C)C1OC(=O)C(OCc2ccccc2)=C1OCc1ccccc1. The van der Waals surface area contributed by atoms with Gasteiger partial charge in [0.15, 0.2) is 11.9 Å². The summed E-state index contributed by atoms with van der Waals surface area (Å²) in [5.74, 6) is -2.34. The molecule has 2 unspecified atom stereocenters. The lowest BCUT2D eigenvalue weighted by atomic mass is 10.1. The lowest BCUT2D eigenvalue weighted by Gasteiger charge is -2.24. The first kappa shape index (κ1) is 26.3. The molecule has 2 aromatic rings. The molecule has 1 aliphatic heterocycles. The number of hydrogen-bond acceptors (Lipinski definition) is 8. The summed E-state index contributed by atoms with van der Waals surface area (Å²) in [6, 6.07) is 18.5. The Hall–Kier alpha value is -4.33. The zero-order valence-electron chi connectivity index (χ0n) is 20.2. The topological polar surface area (TPSA) is 97.4 Å². The summed E-state index contributed by atoms with van der Waals surface area (Å²) in [7, 11) is 0. The second-order valence-electron chi connectivity index (χ2n) is 8.17. The Morgan fingerprint density at radius 2 is 1.39 bits per heavy atom. The average Bonchev–Trinajstić information content (AvgIpc) is 3.19. The Morgan fingerprint density at radius 3 is 1.92 bits per heavy atom. The largest absolute Gasteiger partial charge is 0.485 e. The van der Waals surface area contributed by atoms with E-state index in [0.29, 0.717) is 0 Å². The molecule has 0 aliphatic carbocycles. The van der Waals surface area contributed by atoms with E-state index in [-0.39, 0.29) is 35.9 Å². The molecular weight excluding hydrogens is 464 g/mol. The second kappa shape index (κ2) is 12.4. The molecule has 0 spiro atoms. The second-order valence-corrected chi connectivity index (χ2v) is 8.17. The summed E-state index contributed by atoms with van der Waals surface area (Å²) in [5.41, 5.74) is 1.93. The molecule has 0 saturated carbocycles. The number of cyclic esters (lactones) is 1. The summed E-state index contributed by atoms with van der Waals surface area (Å²) in [6.45, 7) is 9.83. The van der Waals surface area contributed by atoms with Crippen molar-refractivity contribution in [2.75, 3.05) is 6.61 Å². The quantitative estimate of drug-likeness (QED) is 0.248. The van der Waals surface area contributed by atoms with Crippen LogP contribution in [0.15, 0.2) is 96.5 Å². The van der Waals surface area contributed by atoms with Crippen molar-refractivity contribution in [3.63, 3.8) is 0 Å². The van der Waals surface area contributed by atoms with Gasteiger partial charge >= 0.3 is 17.9 Å². The van der Waals surface area contributed by atoms with Gasteiger partial charge in [-0.3, -0.25) is 0 Å². The minimum absolute atomic E-state index is 0.0330. The normalized spacial score (nSPS) is 15.5. The highest BCUT2D eigenvalue weighted by molar-refractivity contribution is 5.90. The van der Waals surface area contributed by atoms with Crippen LogP contribution >= 0.6 is 0 Å². The Balaban J connectivity index is 1.90. The maximum absolute atomic E-state index is 12.8. The van der Waals surface area contributed by atoms with Gasteiger partial charge in [0.05, 0.1) is 0 Å². The molecule has 0 N–H and O–H groups in total. The number of rotatable bonds is 12. The number of benzene rings is 2. The van der Waals surface area contributed by atoms with E-state index >= 15 is 0 Å². The van der Waals surface area contributed by atoms with Crippen LogP contribution in [0.5, 0.6) is 0 Å². The van der Waals surface area contributed by atoms with E-state index in [1.807, 2.05) is 60.7 Å². The molecule has 1 heterocycles. The fraction of sp³-hybridized carbons (Fsp3) is 0.250. The summed E-state index contributed by atoms with van der Waals surface area (Å²) in [5, 5.41) is 0. The van der Waals surface area contributed by atoms with Crippen molar-refractivity contribution in [2.24, 2.45) is 0 Å². The number of carbonyl (C=O) groups excluding carboxylic acids is 3. The van der Waals surface area contributed by atoms with Crippen LogP contribution in [-0.4, -0.2) is 36.7 Å². The van der Waals surface area contributed by atoms with Crippen LogP contribution in [-0.2, 0) is 51.3 Å². The molecule has 36 heavy (non-hydrogen) atoms. The van der Waals surface area contributed by atoms with E-state index in [4.69, 9.17) is 23.7 Å². The molecular formula is C28H28O8. The fourth-order valence-electron chi connectivity index (χ4n) is 3.14. The van der Waals surface area contributed by atoms with Gasteiger partial charge < -0.3 is 23.7 Å². The van der Waals surface area contributed by atoms with Crippen LogP contribution < -0.4 is 0 Å². The van der Waals surface area contributed by atoms with Gasteiger partial charge in [0.25, 0.3) is 0 Å². The maximum Gasteiger partial charge on any atom is 0.378 e. The standard InChI is InChI=1S/C28H28O8/c1-18(2)26(29)34-17-22(35-27(30)19(3)4)23-24(32-15-20-11-7-5-8-12-20)25(28(31)36-23)33-16-21-13-9-6-10-14-21/h5-14,22-23H,1,3,15-17H2,2,4H3. The predicted octanol–water partition coefficient (Wildman–Crippen LogP) is 4.16. The van der Waals surface area contributed by atoms with Crippen molar-refractivity contribution in [3.8, 4) is 0 Å².